The minimum absolute atomic E-state index is 0. The Balaban J connectivity index is 0.00000288. The zero-order chi connectivity index (χ0) is 16.5. The van der Waals surface area contributed by atoms with Crippen molar-refractivity contribution < 1.29 is 4.52 Å². The molecule has 0 amide bonds. The van der Waals surface area contributed by atoms with E-state index in [9.17, 15) is 0 Å². The highest BCUT2D eigenvalue weighted by Crippen LogP contribution is 2.19. The Labute approximate surface area is 168 Å². The Morgan fingerprint density at radius 3 is 2.83 bits per heavy atom. The van der Waals surface area contributed by atoms with Crippen molar-refractivity contribution in [2.24, 2.45) is 4.99 Å². The van der Waals surface area contributed by atoms with Crippen molar-refractivity contribution in [3.8, 4) is 11.4 Å². The van der Waals surface area contributed by atoms with Crippen LogP contribution in [0.3, 0.4) is 0 Å². The van der Waals surface area contributed by atoms with Gasteiger partial charge in [0.1, 0.15) is 0 Å². The van der Waals surface area contributed by atoms with Crippen molar-refractivity contribution in [2.45, 2.75) is 6.42 Å². The number of rotatable bonds is 7. The van der Waals surface area contributed by atoms with Gasteiger partial charge in [0.05, 0.1) is 0 Å². The number of thioether (sulfide) groups is 1. The average molecular weight is 482 g/mol. The number of aliphatic imine (C=N–C) groups is 1. The molecule has 0 radical (unpaired) electrons. The minimum Gasteiger partial charge on any atom is -0.356 e. The van der Waals surface area contributed by atoms with E-state index in [0.717, 1.165) is 23.8 Å². The molecule has 0 spiro atoms. The maximum absolute atomic E-state index is 5.97. The second-order valence-corrected chi connectivity index (χ2v) is 6.11. The van der Waals surface area contributed by atoms with E-state index in [1.165, 1.54) is 0 Å². The molecule has 2 rings (SSSR count). The molecule has 0 unspecified atom stereocenters. The molecule has 0 aliphatic carbocycles. The summed E-state index contributed by atoms with van der Waals surface area (Å²) in [6.07, 6.45) is 2.70. The van der Waals surface area contributed by atoms with Gasteiger partial charge in [0, 0.05) is 42.9 Å². The molecule has 2 N–H and O–H groups in total. The SMILES string of the molecule is CN=C(NCCSC)NCCc1nc(-c2cccc(Cl)c2)no1.I. The lowest BCUT2D eigenvalue weighted by atomic mass is 10.2. The molecule has 1 aromatic carbocycles. The van der Waals surface area contributed by atoms with Gasteiger partial charge in [-0.25, -0.2) is 0 Å². The third-order valence-corrected chi connectivity index (χ3v) is 3.85. The predicted molar refractivity (Wildman–Crippen MR) is 112 cm³/mol. The molecule has 0 aliphatic rings. The number of benzene rings is 1. The zero-order valence-corrected chi connectivity index (χ0v) is 17.5. The molecule has 1 heterocycles. The van der Waals surface area contributed by atoms with Crippen LogP contribution < -0.4 is 10.6 Å². The van der Waals surface area contributed by atoms with Gasteiger partial charge in [-0.1, -0.05) is 28.9 Å². The Hall–Kier alpha value is -1.000. The van der Waals surface area contributed by atoms with Crippen LogP contribution in [0.15, 0.2) is 33.8 Å². The second-order valence-electron chi connectivity index (χ2n) is 4.69. The van der Waals surface area contributed by atoms with Crippen molar-refractivity contribution in [2.75, 3.05) is 32.1 Å². The summed E-state index contributed by atoms with van der Waals surface area (Å²) in [7, 11) is 1.75. The number of halogens is 2. The summed E-state index contributed by atoms with van der Waals surface area (Å²) in [4.78, 5) is 8.54. The fraction of sp³-hybridized carbons (Fsp3) is 0.400. The van der Waals surface area contributed by atoms with Crippen LogP contribution >= 0.6 is 47.3 Å². The molecular weight excluding hydrogens is 461 g/mol. The van der Waals surface area contributed by atoms with Crippen LogP contribution in [0.4, 0.5) is 0 Å². The number of guanidine groups is 1. The lowest BCUT2D eigenvalue weighted by Crippen LogP contribution is -2.39. The summed E-state index contributed by atoms with van der Waals surface area (Å²) >= 11 is 7.76. The smallest absolute Gasteiger partial charge is 0.228 e. The fourth-order valence-electron chi connectivity index (χ4n) is 1.88. The van der Waals surface area contributed by atoms with Gasteiger partial charge in [0.2, 0.25) is 11.7 Å². The van der Waals surface area contributed by atoms with E-state index in [-0.39, 0.29) is 24.0 Å². The molecule has 9 heteroatoms. The first-order valence-electron chi connectivity index (χ1n) is 7.25. The maximum Gasteiger partial charge on any atom is 0.228 e. The number of nitrogens with zero attached hydrogens (tertiary/aromatic N) is 3. The summed E-state index contributed by atoms with van der Waals surface area (Å²) in [6, 6.07) is 7.38. The zero-order valence-electron chi connectivity index (χ0n) is 13.6. The van der Waals surface area contributed by atoms with Crippen molar-refractivity contribution >= 4 is 53.3 Å². The van der Waals surface area contributed by atoms with Crippen molar-refractivity contribution in [1.29, 1.82) is 0 Å². The van der Waals surface area contributed by atoms with Crippen LogP contribution in [0.1, 0.15) is 5.89 Å². The summed E-state index contributed by atoms with van der Waals surface area (Å²) in [5, 5.41) is 11.1. The first kappa shape index (κ1) is 21.0. The van der Waals surface area contributed by atoms with E-state index in [4.69, 9.17) is 16.1 Å². The Morgan fingerprint density at radius 1 is 1.33 bits per heavy atom. The van der Waals surface area contributed by atoms with Gasteiger partial charge in [-0.15, -0.1) is 24.0 Å². The van der Waals surface area contributed by atoms with E-state index < -0.39 is 0 Å². The number of hydrogen-bond acceptors (Lipinski definition) is 5. The molecule has 24 heavy (non-hydrogen) atoms. The molecule has 2 aromatic rings. The molecule has 1 aromatic heterocycles. The highest BCUT2D eigenvalue weighted by molar-refractivity contribution is 14.0. The summed E-state index contributed by atoms with van der Waals surface area (Å²) in [5.41, 5.74) is 0.843. The summed E-state index contributed by atoms with van der Waals surface area (Å²) in [6.45, 7) is 1.54. The van der Waals surface area contributed by atoms with Gasteiger partial charge < -0.3 is 15.2 Å². The van der Waals surface area contributed by atoms with Crippen molar-refractivity contribution in [3.05, 3.63) is 35.2 Å². The van der Waals surface area contributed by atoms with Gasteiger partial charge >= 0.3 is 0 Å². The normalized spacial score (nSPS) is 11.0. The van der Waals surface area contributed by atoms with Gasteiger partial charge in [-0.05, 0) is 18.4 Å². The van der Waals surface area contributed by atoms with E-state index in [1.54, 1.807) is 18.8 Å². The molecule has 132 valence electrons. The van der Waals surface area contributed by atoms with E-state index >= 15 is 0 Å². The Morgan fingerprint density at radius 2 is 2.12 bits per heavy atom. The van der Waals surface area contributed by atoms with E-state index in [2.05, 4.69) is 32.0 Å². The van der Waals surface area contributed by atoms with Gasteiger partial charge in [0.15, 0.2) is 5.96 Å². The van der Waals surface area contributed by atoms with Crippen LogP contribution in [0.5, 0.6) is 0 Å². The average Bonchev–Trinajstić information content (AvgIpc) is 3.02. The second kappa shape index (κ2) is 11.5. The van der Waals surface area contributed by atoms with Crippen LogP contribution in [0, 0.1) is 0 Å². The number of hydrogen-bond donors (Lipinski definition) is 2. The molecular formula is C15H21ClIN5OS. The lowest BCUT2D eigenvalue weighted by Gasteiger charge is -2.10. The maximum atomic E-state index is 5.97. The van der Waals surface area contributed by atoms with Crippen LogP contribution in [0.2, 0.25) is 5.02 Å². The minimum atomic E-state index is 0. The fourth-order valence-corrected chi connectivity index (χ4v) is 2.38. The topological polar surface area (TPSA) is 75.3 Å². The highest BCUT2D eigenvalue weighted by atomic mass is 127. The third kappa shape index (κ3) is 6.86. The van der Waals surface area contributed by atoms with Crippen molar-refractivity contribution in [1.82, 2.24) is 20.8 Å². The highest BCUT2D eigenvalue weighted by Gasteiger charge is 2.09. The molecule has 6 nitrogen and oxygen atoms in total. The molecule has 0 bridgehead atoms. The first-order valence-corrected chi connectivity index (χ1v) is 9.02. The monoisotopic (exact) mass is 481 g/mol. The first-order chi connectivity index (χ1) is 11.2. The molecule has 0 saturated carbocycles. The van der Waals surface area contributed by atoms with Crippen molar-refractivity contribution in [3.63, 3.8) is 0 Å². The lowest BCUT2D eigenvalue weighted by molar-refractivity contribution is 0.378. The van der Waals surface area contributed by atoms with E-state index in [0.29, 0.717) is 29.7 Å². The standard InChI is InChI=1S/C15H20ClN5OS.HI/c1-17-15(19-8-9-23-2)18-7-6-13-20-14(21-22-13)11-4-3-5-12(16)10-11;/h3-5,10H,6-9H2,1-2H3,(H2,17,18,19);1H. The molecule has 0 atom stereocenters. The molecule has 0 aliphatic heterocycles. The predicted octanol–water partition coefficient (Wildman–Crippen LogP) is 3.08. The summed E-state index contributed by atoms with van der Waals surface area (Å²) in [5.74, 6) is 2.93. The Kier molecular flexibility index (Phi) is 10.1. The number of nitrogens with one attached hydrogen (secondary N) is 2. The summed E-state index contributed by atoms with van der Waals surface area (Å²) < 4.78 is 5.27. The van der Waals surface area contributed by atoms with Crippen LogP contribution in [0.25, 0.3) is 11.4 Å². The van der Waals surface area contributed by atoms with Crippen LogP contribution in [-0.2, 0) is 6.42 Å². The van der Waals surface area contributed by atoms with E-state index in [1.807, 2.05) is 24.3 Å². The molecule has 0 saturated heterocycles. The Bertz CT molecular complexity index is 652. The quantitative estimate of drug-likeness (QED) is 0.274. The molecule has 0 fully saturated rings. The number of aromatic nitrogens is 2. The van der Waals surface area contributed by atoms with Crippen LogP contribution in [-0.4, -0.2) is 48.2 Å². The van der Waals surface area contributed by atoms with Gasteiger partial charge in [-0.3, -0.25) is 4.99 Å². The van der Waals surface area contributed by atoms with Gasteiger partial charge in [0.25, 0.3) is 0 Å². The van der Waals surface area contributed by atoms with Gasteiger partial charge in [-0.2, -0.15) is 16.7 Å². The third-order valence-electron chi connectivity index (χ3n) is 3.00. The largest absolute Gasteiger partial charge is 0.356 e.